The van der Waals surface area contributed by atoms with Crippen LogP contribution in [0.25, 0.3) is 0 Å². The van der Waals surface area contributed by atoms with Crippen molar-refractivity contribution in [3.63, 3.8) is 0 Å². The summed E-state index contributed by atoms with van der Waals surface area (Å²) in [5, 5.41) is 13.0. The third kappa shape index (κ3) is 5.07. The Kier molecular flexibility index (Phi) is 6.99. The summed E-state index contributed by atoms with van der Waals surface area (Å²) in [6.45, 7) is 5.11. The molecule has 1 aromatic heterocycles. The number of carbonyl (C=O) groups is 1. The number of benzene rings is 2. The van der Waals surface area contributed by atoms with E-state index in [1.54, 1.807) is 30.0 Å². The van der Waals surface area contributed by atoms with Gasteiger partial charge in [-0.2, -0.15) is 0 Å². The second-order valence-corrected chi connectivity index (χ2v) is 7.99. The van der Waals surface area contributed by atoms with Gasteiger partial charge in [0.05, 0.1) is 16.6 Å². The fourth-order valence-electron chi connectivity index (χ4n) is 2.61. The number of hydrogen-bond donors (Lipinski definition) is 1. The Hall–Kier alpha value is -2.02. The van der Waals surface area contributed by atoms with Crippen LogP contribution in [0.15, 0.2) is 47.6 Å². The van der Waals surface area contributed by atoms with Crippen LogP contribution in [0.4, 0.5) is 0 Å². The lowest BCUT2D eigenvalue weighted by molar-refractivity contribution is 0.0949. The summed E-state index contributed by atoms with van der Waals surface area (Å²) in [5.74, 6) is 1.29. The van der Waals surface area contributed by atoms with Gasteiger partial charge in [-0.3, -0.25) is 4.79 Å². The fourth-order valence-corrected chi connectivity index (χ4v) is 3.88. The Balaban J connectivity index is 1.63. The SMILES string of the molecule is CCn1c(CNC(=O)c2ccc(Cl)c(Cl)c2)nnc1SCc1ccc(C)cc1. The van der Waals surface area contributed by atoms with Crippen LogP contribution in [0.2, 0.25) is 10.0 Å². The number of halogens is 2. The average Bonchev–Trinajstić information content (AvgIpc) is 3.09. The smallest absolute Gasteiger partial charge is 0.251 e. The van der Waals surface area contributed by atoms with Gasteiger partial charge < -0.3 is 9.88 Å². The van der Waals surface area contributed by atoms with Crippen molar-refractivity contribution in [1.29, 1.82) is 0 Å². The highest BCUT2D eigenvalue weighted by atomic mass is 35.5. The topological polar surface area (TPSA) is 59.8 Å². The molecule has 28 heavy (non-hydrogen) atoms. The summed E-state index contributed by atoms with van der Waals surface area (Å²) < 4.78 is 2.01. The van der Waals surface area contributed by atoms with Gasteiger partial charge in [0.2, 0.25) is 0 Å². The number of aromatic nitrogens is 3. The van der Waals surface area contributed by atoms with E-state index in [4.69, 9.17) is 23.2 Å². The van der Waals surface area contributed by atoms with E-state index in [2.05, 4.69) is 46.7 Å². The summed E-state index contributed by atoms with van der Waals surface area (Å²) in [6, 6.07) is 13.2. The van der Waals surface area contributed by atoms with E-state index in [0.29, 0.717) is 21.4 Å². The van der Waals surface area contributed by atoms with Crippen molar-refractivity contribution in [2.75, 3.05) is 0 Å². The Morgan fingerprint density at radius 3 is 2.54 bits per heavy atom. The highest BCUT2D eigenvalue weighted by Crippen LogP contribution is 2.23. The fraction of sp³-hybridized carbons (Fsp3) is 0.250. The van der Waals surface area contributed by atoms with Gasteiger partial charge in [0.1, 0.15) is 0 Å². The Morgan fingerprint density at radius 1 is 1.11 bits per heavy atom. The number of nitrogens with one attached hydrogen (secondary N) is 1. The molecule has 3 rings (SSSR count). The van der Waals surface area contributed by atoms with Crippen molar-refractivity contribution < 1.29 is 4.79 Å². The van der Waals surface area contributed by atoms with Crippen LogP contribution in [0.3, 0.4) is 0 Å². The molecule has 146 valence electrons. The molecule has 5 nitrogen and oxygen atoms in total. The molecule has 0 atom stereocenters. The molecule has 0 saturated heterocycles. The average molecular weight is 435 g/mol. The minimum absolute atomic E-state index is 0.238. The molecule has 1 heterocycles. The highest BCUT2D eigenvalue weighted by molar-refractivity contribution is 7.98. The largest absolute Gasteiger partial charge is 0.345 e. The Labute approximate surface area is 178 Å². The molecule has 0 aliphatic heterocycles. The van der Waals surface area contributed by atoms with Crippen LogP contribution in [-0.2, 0) is 18.8 Å². The van der Waals surface area contributed by atoms with Crippen LogP contribution in [-0.4, -0.2) is 20.7 Å². The molecule has 0 aliphatic rings. The molecule has 1 amide bonds. The number of amides is 1. The van der Waals surface area contributed by atoms with E-state index in [1.807, 2.05) is 11.5 Å². The van der Waals surface area contributed by atoms with Crippen molar-refractivity contribution in [2.24, 2.45) is 0 Å². The number of hydrogen-bond acceptors (Lipinski definition) is 4. The lowest BCUT2D eigenvalue weighted by atomic mass is 10.2. The van der Waals surface area contributed by atoms with Crippen molar-refractivity contribution in [3.05, 3.63) is 75.0 Å². The molecule has 0 fully saturated rings. The van der Waals surface area contributed by atoms with Crippen LogP contribution < -0.4 is 5.32 Å². The molecular formula is C20H20Cl2N4OS. The van der Waals surface area contributed by atoms with Gasteiger partial charge in [0.15, 0.2) is 11.0 Å². The molecule has 2 aromatic carbocycles. The first-order valence-corrected chi connectivity index (χ1v) is 10.6. The van der Waals surface area contributed by atoms with Gasteiger partial charge >= 0.3 is 0 Å². The van der Waals surface area contributed by atoms with E-state index in [1.165, 1.54) is 11.1 Å². The zero-order valence-electron chi connectivity index (χ0n) is 15.6. The number of nitrogens with zero attached hydrogens (tertiary/aromatic N) is 3. The molecule has 8 heteroatoms. The molecule has 1 N–H and O–H groups in total. The third-order valence-corrected chi connectivity index (χ3v) is 5.96. The van der Waals surface area contributed by atoms with Gasteiger partial charge in [0.25, 0.3) is 5.91 Å². The summed E-state index contributed by atoms with van der Waals surface area (Å²) in [5.41, 5.74) is 2.92. The second kappa shape index (κ2) is 9.45. The summed E-state index contributed by atoms with van der Waals surface area (Å²) in [7, 11) is 0. The lowest BCUT2D eigenvalue weighted by Crippen LogP contribution is -2.24. The Morgan fingerprint density at radius 2 is 1.86 bits per heavy atom. The monoisotopic (exact) mass is 434 g/mol. The number of thioether (sulfide) groups is 1. The van der Waals surface area contributed by atoms with Gasteiger partial charge in [-0.15, -0.1) is 10.2 Å². The van der Waals surface area contributed by atoms with E-state index >= 15 is 0 Å². The second-order valence-electron chi connectivity index (χ2n) is 6.23. The van der Waals surface area contributed by atoms with Crippen molar-refractivity contribution in [1.82, 2.24) is 20.1 Å². The number of rotatable bonds is 7. The molecule has 0 bridgehead atoms. The van der Waals surface area contributed by atoms with Crippen LogP contribution >= 0.6 is 35.0 Å². The Bertz CT molecular complexity index is 973. The van der Waals surface area contributed by atoms with Gasteiger partial charge in [0, 0.05) is 17.9 Å². The van der Waals surface area contributed by atoms with Crippen LogP contribution in [0.1, 0.15) is 34.2 Å². The van der Waals surface area contributed by atoms with Crippen LogP contribution in [0.5, 0.6) is 0 Å². The first-order chi connectivity index (χ1) is 13.5. The molecule has 0 spiro atoms. The molecule has 3 aromatic rings. The highest BCUT2D eigenvalue weighted by Gasteiger charge is 2.14. The molecule has 0 radical (unpaired) electrons. The molecular weight excluding hydrogens is 415 g/mol. The summed E-state index contributed by atoms with van der Waals surface area (Å²) >= 11 is 13.5. The van der Waals surface area contributed by atoms with Crippen molar-refractivity contribution >= 4 is 40.9 Å². The minimum atomic E-state index is -0.238. The zero-order chi connectivity index (χ0) is 20.1. The lowest BCUT2D eigenvalue weighted by Gasteiger charge is -2.09. The van der Waals surface area contributed by atoms with Crippen LogP contribution in [0, 0.1) is 6.92 Å². The third-order valence-electron chi connectivity index (χ3n) is 4.19. The number of carbonyl (C=O) groups excluding carboxylic acids is 1. The normalized spacial score (nSPS) is 10.9. The minimum Gasteiger partial charge on any atom is -0.345 e. The van der Waals surface area contributed by atoms with Crippen molar-refractivity contribution in [3.8, 4) is 0 Å². The van der Waals surface area contributed by atoms with E-state index in [0.717, 1.165) is 17.5 Å². The quantitative estimate of drug-likeness (QED) is 0.523. The van der Waals surface area contributed by atoms with E-state index < -0.39 is 0 Å². The number of aryl methyl sites for hydroxylation is 1. The predicted octanol–water partition coefficient (Wildman–Crippen LogP) is 5.14. The summed E-state index contributed by atoms with van der Waals surface area (Å²) in [6.07, 6.45) is 0. The molecule has 0 saturated carbocycles. The predicted molar refractivity (Wildman–Crippen MR) is 114 cm³/mol. The maximum Gasteiger partial charge on any atom is 0.251 e. The molecule has 0 unspecified atom stereocenters. The van der Waals surface area contributed by atoms with Crippen molar-refractivity contribution in [2.45, 2.75) is 37.8 Å². The standard InChI is InChI=1S/C20H20Cl2N4OS/c1-3-26-18(11-23-19(27)15-8-9-16(21)17(22)10-15)24-25-20(26)28-12-14-6-4-13(2)5-7-14/h4-10H,3,11-12H2,1-2H3,(H,23,27). The maximum atomic E-state index is 12.4. The zero-order valence-corrected chi connectivity index (χ0v) is 17.9. The maximum absolute atomic E-state index is 12.4. The van der Waals surface area contributed by atoms with Gasteiger partial charge in [-0.25, -0.2) is 0 Å². The first kappa shape index (κ1) is 20.7. The van der Waals surface area contributed by atoms with Gasteiger partial charge in [-0.1, -0.05) is 64.8 Å². The molecule has 0 aliphatic carbocycles. The summed E-state index contributed by atoms with van der Waals surface area (Å²) in [4.78, 5) is 12.4. The van der Waals surface area contributed by atoms with Gasteiger partial charge in [-0.05, 0) is 37.6 Å². The van der Waals surface area contributed by atoms with E-state index in [-0.39, 0.29) is 12.5 Å². The van der Waals surface area contributed by atoms with E-state index in [9.17, 15) is 4.79 Å². The first-order valence-electron chi connectivity index (χ1n) is 8.81.